The number of hydrogen-bond donors (Lipinski definition) is 1. The molecule has 1 aromatic heterocycles. The molecule has 2 aromatic rings. The topological polar surface area (TPSA) is 78.8 Å². The molecule has 20 heavy (non-hydrogen) atoms. The molecular formula is C13H18BrN5O. The summed E-state index contributed by atoms with van der Waals surface area (Å²) in [5.41, 5.74) is 7.37. The van der Waals surface area contributed by atoms with E-state index in [1.54, 1.807) is 4.68 Å². The van der Waals surface area contributed by atoms with Gasteiger partial charge in [-0.3, -0.25) is 0 Å². The molecule has 0 aliphatic rings. The average Bonchev–Trinajstić information content (AvgIpc) is 2.89. The van der Waals surface area contributed by atoms with Crippen LogP contribution in [-0.4, -0.2) is 33.4 Å². The highest BCUT2D eigenvalue weighted by Crippen LogP contribution is 2.28. The van der Waals surface area contributed by atoms with Crippen LogP contribution in [0.1, 0.15) is 19.8 Å². The molecule has 0 unspecified atom stereocenters. The van der Waals surface area contributed by atoms with E-state index >= 15 is 0 Å². The molecule has 0 radical (unpaired) electrons. The van der Waals surface area contributed by atoms with Crippen molar-refractivity contribution in [3.8, 4) is 11.4 Å². The summed E-state index contributed by atoms with van der Waals surface area (Å²) in [6.45, 7) is 4.13. The van der Waals surface area contributed by atoms with Crippen molar-refractivity contribution in [2.24, 2.45) is 0 Å². The lowest BCUT2D eigenvalue weighted by molar-refractivity contribution is 0.121. The Bertz CT molecular complexity index is 557. The molecule has 0 saturated heterocycles. The summed E-state index contributed by atoms with van der Waals surface area (Å²) < 4.78 is 8.18. The number of aromatic nitrogens is 4. The smallest absolute Gasteiger partial charge is 0.183 e. The number of nitrogens with zero attached hydrogens (tertiary/aromatic N) is 4. The van der Waals surface area contributed by atoms with Gasteiger partial charge in [0.2, 0.25) is 0 Å². The molecule has 0 saturated carbocycles. The molecule has 0 aliphatic carbocycles. The minimum absolute atomic E-state index is 0.595. The Morgan fingerprint density at radius 2 is 2.20 bits per heavy atom. The van der Waals surface area contributed by atoms with Crippen molar-refractivity contribution in [1.29, 1.82) is 0 Å². The third kappa shape index (κ3) is 3.77. The van der Waals surface area contributed by atoms with E-state index in [1.165, 1.54) is 0 Å². The standard InChI is InChI=1S/C13H18BrN5O/c1-2-3-7-20-8-6-19-13(16-17-18-19)11-9-10(15)4-5-12(11)14/h4-5,9H,2-3,6-8,15H2,1H3. The molecule has 0 spiro atoms. The van der Waals surface area contributed by atoms with Crippen LogP contribution < -0.4 is 5.73 Å². The summed E-state index contributed by atoms with van der Waals surface area (Å²) in [6, 6.07) is 5.57. The lowest BCUT2D eigenvalue weighted by Gasteiger charge is -2.07. The van der Waals surface area contributed by atoms with Gasteiger partial charge in [-0.05, 0) is 35.0 Å². The van der Waals surface area contributed by atoms with Crippen molar-refractivity contribution in [2.45, 2.75) is 26.3 Å². The molecule has 0 fully saturated rings. The van der Waals surface area contributed by atoms with Gasteiger partial charge in [-0.1, -0.05) is 29.3 Å². The average molecular weight is 340 g/mol. The van der Waals surface area contributed by atoms with Gasteiger partial charge in [-0.15, -0.1) is 5.10 Å². The predicted molar refractivity (Wildman–Crippen MR) is 81.1 cm³/mol. The molecule has 6 nitrogen and oxygen atoms in total. The second-order valence-electron chi connectivity index (χ2n) is 4.43. The van der Waals surface area contributed by atoms with Crippen LogP contribution in [0.4, 0.5) is 5.69 Å². The van der Waals surface area contributed by atoms with E-state index in [0.29, 0.717) is 24.7 Å². The SMILES string of the molecule is CCCCOCCn1nnnc1-c1cc(N)ccc1Br. The number of nitrogen functional groups attached to an aromatic ring is 1. The normalized spacial score (nSPS) is 10.9. The Hall–Kier alpha value is -1.47. The van der Waals surface area contributed by atoms with E-state index in [1.807, 2.05) is 18.2 Å². The van der Waals surface area contributed by atoms with E-state index in [9.17, 15) is 0 Å². The van der Waals surface area contributed by atoms with Crippen LogP contribution in [0.15, 0.2) is 22.7 Å². The number of unbranched alkanes of at least 4 members (excludes halogenated alkanes) is 1. The highest BCUT2D eigenvalue weighted by Gasteiger charge is 2.12. The molecule has 0 bridgehead atoms. The van der Waals surface area contributed by atoms with Crippen LogP contribution in [0, 0.1) is 0 Å². The van der Waals surface area contributed by atoms with Gasteiger partial charge < -0.3 is 10.5 Å². The van der Waals surface area contributed by atoms with Gasteiger partial charge in [0.05, 0.1) is 13.2 Å². The van der Waals surface area contributed by atoms with E-state index in [-0.39, 0.29) is 0 Å². The summed E-state index contributed by atoms with van der Waals surface area (Å²) in [4.78, 5) is 0. The van der Waals surface area contributed by atoms with E-state index in [4.69, 9.17) is 10.5 Å². The molecule has 0 aliphatic heterocycles. The zero-order valence-corrected chi connectivity index (χ0v) is 13.0. The highest BCUT2D eigenvalue weighted by atomic mass is 79.9. The number of nitrogens with two attached hydrogens (primary N) is 1. The molecular weight excluding hydrogens is 322 g/mol. The Labute approximate surface area is 126 Å². The summed E-state index contributed by atoms with van der Waals surface area (Å²) in [5.74, 6) is 0.684. The molecule has 0 atom stereocenters. The Morgan fingerprint density at radius 3 is 3.00 bits per heavy atom. The van der Waals surface area contributed by atoms with Gasteiger partial charge in [-0.25, -0.2) is 4.68 Å². The maximum atomic E-state index is 5.82. The number of hydrogen-bond acceptors (Lipinski definition) is 5. The molecule has 1 heterocycles. The summed E-state index contributed by atoms with van der Waals surface area (Å²) >= 11 is 3.49. The first-order valence-electron chi connectivity index (χ1n) is 6.61. The third-order valence-electron chi connectivity index (χ3n) is 2.85. The minimum atomic E-state index is 0.595. The molecule has 108 valence electrons. The molecule has 1 aromatic carbocycles. The lowest BCUT2D eigenvalue weighted by Crippen LogP contribution is -2.10. The number of tetrazole rings is 1. The van der Waals surface area contributed by atoms with Crippen LogP contribution in [0.3, 0.4) is 0 Å². The maximum Gasteiger partial charge on any atom is 0.183 e. The molecule has 0 amide bonds. The van der Waals surface area contributed by atoms with Gasteiger partial charge in [0.25, 0.3) is 0 Å². The summed E-state index contributed by atoms with van der Waals surface area (Å²) in [6.07, 6.45) is 2.20. The predicted octanol–water partition coefficient (Wildman–Crippen LogP) is 2.50. The van der Waals surface area contributed by atoms with Crippen molar-refractivity contribution >= 4 is 21.6 Å². The zero-order chi connectivity index (χ0) is 14.4. The van der Waals surface area contributed by atoms with Crippen molar-refractivity contribution < 1.29 is 4.74 Å². The fourth-order valence-corrected chi connectivity index (χ4v) is 2.19. The van der Waals surface area contributed by atoms with Crippen LogP contribution in [-0.2, 0) is 11.3 Å². The van der Waals surface area contributed by atoms with E-state index in [2.05, 4.69) is 38.4 Å². The van der Waals surface area contributed by atoms with Crippen LogP contribution in [0.2, 0.25) is 0 Å². The number of benzene rings is 1. The highest BCUT2D eigenvalue weighted by molar-refractivity contribution is 9.10. The fraction of sp³-hybridized carbons (Fsp3) is 0.462. The molecule has 7 heteroatoms. The quantitative estimate of drug-likeness (QED) is 0.619. The van der Waals surface area contributed by atoms with Gasteiger partial charge in [0.15, 0.2) is 5.82 Å². The Kier molecular flexibility index (Phi) is 5.49. The first-order chi connectivity index (χ1) is 9.72. The van der Waals surface area contributed by atoms with Gasteiger partial charge in [0.1, 0.15) is 0 Å². The number of rotatable bonds is 7. The number of anilines is 1. The van der Waals surface area contributed by atoms with Gasteiger partial charge in [-0.2, -0.15) is 0 Å². The zero-order valence-electron chi connectivity index (χ0n) is 11.4. The Balaban J connectivity index is 2.06. The first-order valence-corrected chi connectivity index (χ1v) is 7.41. The fourth-order valence-electron chi connectivity index (χ4n) is 1.76. The second kappa shape index (κ2) is 7.35. The van der Waals surface area contributed by atoms with Crippen LogP contribution in [0.5, 0.6) is 0 Å². The van der Waals surface area contributed by atoms with Gasteiger partial charge >= 0.3 is 0 Å². The second-order valence-corrected chi connectivity index (χ2v) is 5.29. The lowest BCUT2D eigenvalue weighted by atomic mass is 10.2. The Morgan fingerprint density at radius 1 is 1.35 bits per heavy atom. The number of ether oxygens (including phenoxy) is 1. The van der Waals surface area contributed by atoms with E-state index in [0.717, 1.165) is 29.5 Å². The van der Waals surface area contributed by atoms with Crippen molar-refractivity contribution in [1.82, 2.24) is 20.2 Å². The monoisotopic (exact) mass is 339 g/mol. The third-order valence-corrected chi connectivity index (χ3v) is 3.54. The molecule has 2 N–H and O–H groups in total. The van der Waals surface area contributed by atoms with Gasteiger partial charge in [0, 0.05) is 22.3 Å². The first kappa shape index (κ1) is 14.9. The largest absolute Gasteiger partial charge is 0.399 e. The van der Waals surface area contributed by atoms with Crippen LogP contribution in [0.25, 0.3) is 11.4 Å². The summed E-state index contributed by atoms with van der Waals surface area (Å²) in [5, 5.41) is 11.8. The van der Waals surface area contributed by atoms with Crippen LogP contribution >= 0.6 is 15.9 Å². The maximum absolute atomic E-state index is 5.82. The van der Waals surface area contributed by atoms with E-state index < -0.39 is 0 Å². The number of halogens is 1. The molecule has 2 rings (SSSR count). The minimum Gasteiger partial charge on any atom is -0.399 e. The van der Waals surface area contributed by atoms with Crippen molar-refractivity contribution in [3.05, 3.63) is 22.7 Å². The van der Waals surface area contributed by atoms with Crippen molar-refractivity contribution in [3.63, 3.8) is 0 Å². The van der Waals surface area contributed by atoms with Crippen molar-refractivity contribution in [2.75, 3.05) is 18.9 Å². The summed E-state index contributed by atoms with van der Waals surface area (Å²) in [7, 11) is 0.